The maximum absolute atomic E-state index is 12.2. The maximum Gasteiger partial charge on any atom is 0.408 e. The number of ether oxygens (including phenoxy) is 2. The Kier molecular flexibility index (Phi) is 6.00. The van der Waals surface area contributed by atoms with Crippen LogP contribution >= 0.6 is 0 Å². The molecule has 0 bridgehead atoms. The Morgan fingerprint density at radius 2 is 1.91 bits per heavy atom. The monoisotopic (exact) mass is 447 g/mol. The molecule has 0 aliphatic carbocycles. The lowest BCUT2D eigenvalue weighted by atomic mass is 10.1. The number of pyridine rings is 1. The van der Waals surface area contributed by atoms with E-state index in [1.54, 1.807) is 33.0 Å². The van der Waals surface area contributed by atoms with E-state index < -0.39 is 23.7 Å². The fourth-order valence-corrected chi connectivity index (χ4v) is 3.45. The molecule has 0 fully saturated rings. The Balaban J connectivity index is 1.57. The Labute approximate surface area is 190 Å². The van der Waals surface area contributed by atoms with Crippen LogP contribution in [-0.4, -0.2) is 40.8 Å². The van der Waals surface area contributed by atoms with Crippen molar-refractivity contribution in [1.82, 2.24) is 15.3 Å². The van der Waals surface area contributed by atoms with Gasteiger partial charge in [-0.25, -0.2) is 14.6 Å². The standard InChI is InChI=1S/C25H25N3O5/c1-25(2,3)33-24(30)28-20(23(29)31-4)13-15-7-10-21-19(12-15)27-22(32-21)17-8-9-18-16(14-17)6-5-11-26-18/h5-12,14,20H,13H2,1-4H3,(H,28,30)/t20-/m0/s1. The summed E-state index contributed by atoms with van der Waals surface area (Å²) in [5.41, 5.74) is 3.11. The van der Waals surface area contributed by atoms with Gasteiger partial charge in [-0.15, -0.1) is 0 Å². The molecule has 0 saturated carbocycles. The summed E-state index contributed by atoms with van der Waals surface area (Å²) in [6, 6.07) is 14.2. The molecule has 4 rings (SSSR count). The molecule has 2 aromatic carbocycles. The quantitative estimate of drug-likeness (QED) is 0.444. The zero-order valence-corrected chi connectivity index (χ0v) is 18.9. The van der Waals surface area contributed by atoms with Gasteiger partial charge in [0.1, 0.15) is 17.2 Å². The number of aromatic nitrogens is 2. The number of oxazole rings is 1. The van der Waals surface area contributed by atoms with Crippen LogP contribution < -0.4 is 5.32 Å². The number of esters is 1. The lowest BCUT2D eigenvalue weighted by Crippen LogP contribution is -2.45. The number of methoxy groups -OCH3 is 1. The predicted octanol–water partition coefficient (Wildman–Crippen LogP) is 4.65. The zero-order chi connectivity index (χ0) is 23.6. The molecule has 0 aliphatic heterocycles. The molecule has 0 radical (unpaired) electrons. The average Bonchev–Trinajstić information content (AvgIpc) is 3.20. The first kappa shape index (κ1) is 22.3. The Morgan fingerprint density at radius 3 is 2.67 bits per heavy atom. The number of nitrogens with zero attached hydrogens (tertiary/aromatic N) is 2. The van der Waals surface area contributed by atoms with E-state index in [0.717, 1.165) is 22.0 Å². The van der Waals surface area contributed by atoms with Gasteiger partial charge in [0.25, 0.3) is 0 Å². The molecule has 1 N–H and O–H groups in total. The van der Waals surface area contributed by atoms with E-state index in [1.807, 2.05) is 42.5 Å². The van der Waals surface area contributed by atoms with E-state index in [9.17, 15) is 9.59 Å². The molecule has 0 aliphatic rings. The van der Waals surface area contributed by atoms with E-state index in [1.165, 1.54) is 7.11 Å². The summed E-state index contributed by atoms with van der Waals surface area (Å²) in [5.74, 6) is -0.0733. The number of amides is 1. The third-order valence-corrected chi connectivity index (χ3v) is 4.92. The molecular weight excluding hydrogens is 422 g/mol. The second-order valence-corrected chi connectivity index (χ2v) is 8.66. The summed E-state index contributed by atoms with van der Waals surface area (Å²) in [7, 11) is 1.28. The van der Waals surface area contributed by atoms with E-state index >= 15 is 0 Å². The average molecular weight is 447 g/mol. The minimum absolute atomic E-state index is 0.214. The third-order valence-electron chi connectivity index (χ3n) is 4.92. The molecule has 33 heavy (non-hydrogen) atoms. The summed E-state index contributed by atoms with van der Waals surface area (Å²) >= 11 is 0. The van der Waals surface area contributed by atoms with Crippen LogP contribution in [0, 0.1) is 0 Å². The van der Waals surface area contributed by atoms with Crippen molar-refractivity contribution in [3.63, 3.8) is 0 Å². The Bertz CT molecular complexity index is 1320. The van der Waals surface area contributed by atoms with Crippen molar-refractivity contribution in [1.29, 1.82) is 0 Å². The molecule has 8 nitrogen and oxygen atoms in total. The van der Waals surface area contributed by atoms with Gasteiger partial charge in [0.05, 0.1) is 12.6 Å². The lowest BCUT2D eigenvalue weighted by Gasteiger charge is -2.22. The van der Waals surface area contributed by atoms with Crippen molar-refractivity contribution in [2.75, 3.05) is 7.11 Å². The molecule has 0 unspecified atom stereocenters. The second kappa shape index (κ2) is 8.90. The van der Waals surface area contributed by atoms with Crippen molar-refractivity contribution in [2.24, 2.45) is 0 Å². The van der Waals surface area contributed by atoms with Crippen molar-refractivity contribution < 1.29 is 23.5 Å². The normalized spacial score (nSPS) is 12.5. The van der Waals surface area contributed by atoms with Crippen LogP contribution in [0.4, 0.5) is 4.79 Å². The van der Waals surface area contributed by atoms with Crippen molar-refractivity contribution in [2.45, 2.75) is 38.8 Å². The van der Waals surface area contributed by atoms with Gasteiger partial charge in [0, 0.05) is 23.6 Å². The van der Waals surface area contributed by atoms with Crippen LogP contribution in [0.2, 0.25) is 0 Å². The summed E-state index contributed by atoms with van der Waals surface area (Å²) in [5, 5.41) is 3.58. The molecule has 170 valence electrons. The maximum atomic E-state index is 12.2. The van der Waals surface area contributed by atoms with Gasteiger partial charge in [-0.2, -0.15) is 0 Å². The Morgan fingerprint density at radius 1 is 1.09 bits per heavy atom. The largest absolute Gasteiger partial charge is 0.467 e. The number of carbonyl (C=O) groups excluding carboxylic acids is 2. The highest BCUT2D eigenvalue weighted by atomic mass is 16.6. The van der Waals surface area contributed by atoms with Crippen LogP contribution in [0.1, 0.15) is 26.3 Å². The molecule has 2 heterocycles. The summed E-state index contributed by atoms with van der Waals surface area (Å²) in [6.45, 7) is 5.26. The van der Waals surface area contributed by atoms with Gasteiger partial charge in [0.2, 0.25) is 5.89 Å². The molecule has 1 atom stereocenters. The SMILES string of the molecule is COC(=O)[C@H](Cc1ccc2oc(-c3ccc4ncccc4c3)nc2c1)NC(=O)OC(C)(C)C. The van der Waals surface area contributed by atoms with E-state index in [2.05, 4.69) is 15.3 Å². The fraction of sp³-hybridized carbons (Fsp3) is 0.280. The first-order valence-corrected chi connectivity index (χ1v) is 10.5. The van der Waals surface area contributed by atoms with Crippen molar-refractivity contribution in [3.8, 4) is 11.5 Å². The van der Waals surface area contributed by atoms with Gasteiger partial charge in [0.15, 0.2) is 5.58 Å². The summed E-state index contributed by atoms with van der Waals surface area (Å²) in [4.78, 5) is 33.4. The highest BCUT2D eigenvalue weighted by molar-refractivity contribution is 5.85. The van der Waals surface area contributed by atoms with Crippen molar-refractivity contribution in [3.05, 3.63) is 60.3 Å². The van der Waals surface area contributed by atoms with Gasteiger partial charge < -0.3 is 19.2 Å². The topological polar surface area (TPSA) is 104 Å². The van der Waals surface area contributed by atoms with Crippen LogP contribution in [0.3, 0.4) is 0 Å². The first-order chi connectivity index (χ1) is 15.7. The highest BCUT2D eigenvalue weighted by Crippen LogP contribution is 2.27. The summed E-state index contributed by atoms with van der Waals surface area (Å²) in [6.07, 6.45) is 1.28. The molecule has 0 saturated heterocycles. The minimum atomic E-state index is -0.901. The van der Waals surface area contributed by atoms with E-state index in [0.29, 0.717) is 17.0 Å². The molecule has 2 aromatic heterocycles. The number of hydrogen-bond donors (Lipinski definition) is 1. The van der Waals surface area contributed by atoms with Gasteiger partial charge in [-0.05, 0) is 62.7 Å². The van der Waals surface area contributed by atoms with Crippen molar-refractivity contribution >= 4 is 34.1 Å². The summed E-state index contributed by atoms with van der Waals surface area (Å²) < 4.78 is 16.1. The number of carbonyl (C=O) groups is 2. The number of rotatable bonds is 5. The lowest BCUT2D eigenvalue weighted by molar-refractivity contribution is -0.143. The second-order valence-electron chi connectivity index (χ2n) is 8.66. The highest BCUT2D eigenvalue weighted by Gasteiger charge is 2.25. The fourth-order valence-electron chi connectivity index (χ4n) is 3.45. The van der Waals surface area contributed by atoms with E-state index in [4.69, 9.17) is 13.9 Å². The van der Waals surface area contributed by atoms with Crippen LogP contribution in [-0.2, 0) is 20.7 Å². The minimum Gasteiger partial charge on any atom is -0.467 e. The smallest absolute Gasteiger partial charge is 0.408 e. The molecule has 1 amide bonds. The number of benzene rings is 2. The molecule has 4 aromatic rings. The number of alkyl carbamates (subject to hydrolysis) is 1. The zero-order valence-electron chi connectivity index (χ0n) is 18.9. The van der Waals surface area contributed by atoms with E-state index in [-0.39, 0.29) is 6.42 Å². The Hall–Kier alpha value is -3.94. The molecule has 0 spiro atoms. The first-order valence-electron chi connectivity index (χ1n) is 10.5. The van der Waals surface area contributed by atoms with Crippen LogP contribution in [0.25, 0.3) is 33.5 Å². The third kappa shape index (κ3) is 5.28. The number of fused-ring (bicyclic) bond motifs is 2. The van der Waals surface area contributed by atoms with Gasteiger partial charge in [-0.1, -0.05) is 12.1 Å². The molecular formula is C25H25N3O5. The van der Waals surface area contributed by atoms with Crippen LogP contribution in [0.5, 0.6) is 0 Å². The number of nitrogens with one attached hydrogen (secondary N) is 1. The molecule has 8 heteroatoms. The van der Waals surface area contributed by atoms with Gasteiger partial charge >= 0.3 is 12.1 Å². The van der Waals surface area contributed by atoms with Gasteiger partial charge in [-0.3, -0.25) is 4.98 Å². The number of hydrogen-bond acceptors (Lipinski definition) is 7. The predicted molar refractivity (Wildman–Crippen MR) is 124 cm³/mol. The van der Waals surface area contributed by atoms with Crippen LogP contribution in [0.15, 0.2) is 59.1 Å².